The number of rotatable bonds is 6. The minimum absolute atomic E-state index is 0. The lowest BCUT2D eigenvalue weighted by Gasteiger charge is -2.26. The molecular formula is C14H22ClN5O2. The Kier molecular flexibility index (Phi) is 6.38. The van der Waals surface area contributed by atoms with Crippen molar-refractivity contribution in [1.29, 1.82) is 0 Å². The Bertz CT molecular complexity index is 586. The molecule has 0 atom stereocenters. The number of nitrogens with one attached hydrogen (secondary N) is 1. The summed E-state index contributed by atoms with van der Waals surface area (Å²) in [5.74, 6) is 0.803. The van der Waals surface area contributed by atoms with E-state index >= 15 is 0 Å². The predicted molar refractivity (Wildman–Crippen MR) is 86.5 cm³/mol. The van der Waals surface area contributed by atoms with Gasteiger partial charge in [0.25, 0.3) is 0 Å². The van der Waals surface area contributed by atoms with Crippen LogP contribution in [0.3, 0.4) is 0 Å². The van der Waals surface area contributed by atoms with Crippen LogP contribution in [-0.2, 0) is 11.3 Å². The maximum atomic E-state index is 9.24. The fraction of sp³-hybridized carbons (Fsp3) is 0.571. The van der Waals surface area contributed by atoms with Crippen molar-refractivity contribution in [2.45, 2.75) is 13.0 Å². The second-order valence-electron chi connectivity index (χ2n) is 5.13. The van der Waals surface area contributed by atoms with Crippen molar-refractivity contribution in [2.75, 3.05) is 44.7 Å². The third-order valence-electron chi connectivity index (χ3n) is 3.66. The van der Waals surface area contributed by atoms with Gasteiger partial charge in [-0.25, -0.2) is 9.50 Å². The Morgan fingerprint density at radius 1 is 1.27 bits per heavy atom. The third kappa shape index (κ3) is 4.07. The molecule has 2 aromatic rings. The van der Waals surface area contributed by atoms with Crippen LogP contribution in [0, 0.1) is 0 Å². The van der Waals surface area contributed by atoms with Gasteiger partial charge in [-0.3, -0.25) is 4.90 Å². The van der Waals surface area contributed by atoms with Crippen LogP contribution in [0.5, 0.6) is 0 Å². The molecule has 0 saturated carbocycles. The first kappa shape index (κ1) is 17.0. The summed E-state index contributed by atoms with van der Waals surface area (Å²) >= 11 is 0. The van der Waals surface area contributed by atoms with E-state index in [-0.39, 0.29) is 19.0 Å². The van der Waals surface area contributed by atoms with Gasteiger partial charge in [0.15, 0.2) is 5.65 Å². The van der Waals surface area contributed by atoms with Crippen LogP contribution in [0.25, 0.3) is 5.65 Å². The lowest BCUT2D eigenvalue weighted by atomic mass is 10.3. The highest BCUT2D eigenvalue weighted by Gasteiger charge is 2.09. The number of ether oxygens (including phenoxy) is 1. The van der Waals surface area contributed by atoms with Crippen LogP contribution < -0.4 is 5.32 Å². The number of halogens is 1. The minimum Gasteiger partial charge on any atom is -0.390 e. The number of fused-ring (bicyclic) bond motifs is 1. The van der Waals surface area contributed by atoms with Gasteiger partial charge in [-0.15, -0.1) is 17.5 Å². The second-order valence-corrected chi connectivity index (χ2v) is 5.13. The summed E-state index contributed by atoms with van der Waals surface area (Å²) < 4.78 is 7.00. The van der Waals surface area contributed by atoms with E-state index in [1.165, 1.54) is 0 Å². The Morgan fingerprint density at radius 2 is 2.09 bits per heavy atom. The van der Waals surface area contributed by atoms with Crippen LogP contribution >= 0.6 is 12.4 Å². The average Bonchev–Trinajstić information content (AvgIpc) is 2.95. The number of aliphatic hydroxyl groups excluding tert-OH is 1. The lowest BCUT2D eigenvalue weighted by Crippen LogP contribution is -2.37. The topological polar surface area (TPSA) is 74.9 Å². The fourth-order valence-corrected chi connectivity index (χ4v) is 2.47. The molecule has 0 radical (unpaired) electrons. The Balaban J connectivity index is 0.00000176. The number of aromatic nitrogens is 3. The number of nitrogens with zero attached hydrogens (tertiary/aromatic N) is 4. The number of anilines is 1. The summed E-state index contributed by atoms with van der Waals surface area (Å²) in [5.41, 5.74) is 1.44. The van der Waals surface area contributed by atoms with Crippen molar-refractivity contribution < 1.29 is 9.84 Å². The van der Waals surface area contributed by atoms with E-state index in [1.807, 2.05) is 12.1 Å². The van der Waals surface area contributed by atoms with E-state index in [1.54, 1.807) is 10.7 Å². The average molecular weight is 328 g/mol. The molecule has 0 aromatic carbocycles. The highest BCUT2D eigenvalue weighted by Crippen LogP contribution is 2.09. The minimum atomic E-state index is -0.0609. The maximum Gasteiger partial charge on any atom is 0.154 e. The van der Waals surface area contributed by atoms with Crippen LogP contribution in [0.2, 0.25) is 0 Å². The third-order valence-corrected chi connectivity index (χ3v) is 3.66. The first-order valence-electron chi connectivity index (χ1n) is 7.35. The zero-order chi connectivity index (χ0) is 14.5. The standard InChI is InChI=1S/C14H21N5O2.ClH/c20-11-12-10-16-14-3-2-13(17-19(12)14)15-4-1-5-18-6-8-21-9-7-18;/h2-3,10,20H,1,4-9,11H2,(H,15,17);1H. The first-order chi connectivity index (χ1) is 10.4. The van der Waals surface area contributed by atoms with Crippen LogP contribution in [-0.4, -0.2) is 64.0 Å². The molecule has 3 rings (SSSR count). The molecule has 2 aromatic heterocycles. The molecule has 0 spiro atoms. The van der Waals surface area contributed by atoms with Gasteiger partial charge in [-0.05, 0) is 25.1 Å². The Morgan fingerprint density at radius 3 is 2.86 bits per heavy atom. The molecule has 1 saturated heterocycles. The highest BCUT2D eigenvalue weighted by molar-refractivity contribution is 5.85. The summed E-state index contributed by atoms with van der Waals surface area (Å²) in [7, 11) is 0. The van der Waals surface area contributed by atoms with Crippen LogP contribution in [0.15, 0.2) is 18.3 Å². The van der Waals surface area contributed by atoms with E-state index in [0.717, 1.165) is 57.3 Å². The largest absolute Gasteiger partial charge is 0.390 e. The highest BCUT2D eigenvalue weighted by atomic mass is 35.5. The zero-order valence-corrected chi connectivity index (χ0v) is 13.3. The summed E-state index contributed by atoms with van der Waals surface area (Å²) in [6, 6.07) is 3.81. The predicted octanol–water partition coefficient (Wildman–Crippen LogP) is 0.778. The van der Waals surface area contributed by atoms with Gasteiger partial charge in [-0.2, -0.15) is 0 Å². The van der Waals surface area contributed by atoms with Gasteiger partial charge in [0.05, 0.1) is 31.7 Å². The fourth-order valence-electron chi connectivity index (χ4n) is 2.47. The summed E-state index contributed by atoms with van der Waals surface area (Å²) in [6.07, 6.45) is 2.71. The SMILES string of the molecule is Cl.OCc1cnc2ccc(NCCCN3CCOCC3)nn12. The quantitative estimate of drug-likeness (QED) is 0.764. The lowest BCUT2D eigenvalue weighted by molar-refractivity contribution is 0.0378. The molecule has 3 heterocycles. The maximum absolute atomic E-state index is 9.24. The normalized spacial score (nSPS) is 15.7. The number of aliphatic hydroxyl groups is 1. The van der Waals surface area contributed by atoms with Gasteiger partial charge in [0.1, 0.15) is 5.82 Å². The van der Waals surface area contributed by atoms with Crippen LogP contribution in [0.1, 0.15) is 12.1 Å². The molecule has 122 valence electrons. The molecule has 2 N–H and O–H groups in total. The molecule has 0 unspecified atom stereocenters. The smallest absolute Gasteiger partial charge is 0.154 e. The second kappa shape index (κ2) is 8.28. The molecule has 1 fully saturated rings. The summed E-state index contributed by atoms with van der Waals surface area (Å²) in [4.78, 5) is 6.60. The van der Waals surface area contributed by atoms with E-state index in [9.17, 15) is 5.11 Å². The van der Waals surface area contributed by atoms with Gasteiger partial charge in [-0.1, -0.05) is 0 Å². The van der Waals surface area contributed by atoms with E-state index < -0.39 is 0 Å². The molecule has 8 heteroatoms. The molecule has 22 heavy (non-hydrogen) atoms. The molecule has 0 bridgehead atoms. The van der Waals surface area contributed by atoms with Gasteiger partial charge >= 0.3 is 0 Å². The van der Waals surface area contributed by atoms with Gasteiger partial charge in [0.2, 0.25) is 0 Å². The van der Waals surface area contributed by atoms with Crippen molar-refractivity contribution in [2.24, 2.45) is 0 Å². The van der Waals surface area contributed by atoms with Crippen molar-refractivity contribution >= 4 is 23.9 Å². The molecule has 0 amide bonds. The van der Waals surface area contributed by atoms with Crippen LogP contribution in [0.4, 0.5) is 5.82 Å². The first-order valence-corrected chi connectivity index (χ1v) is 7.35. The van der Waals surface area contributed by atoms with Crippen molar-refractivity contribution in [3.8, 4) is 0 Å². The number of morpholine rings is 1. The summed E-state index contributed by atoms with van der Waals surface area (Å²) in [5, 5.41) is 17.0. The Labute approximate surface area is 135 Å². The van der Waals surface area contributed by atoms with Gasteiger partial charge < -0.3 is 15.2 Å². The zero-order valence-electron chi connectivity index (χ0n) is 12.4. The van der Waals surface area contributed by atoms with E-state index in [4.69, 9.17) is 4.74 Å². The molecule has 1 aliphatic rings. The van der Waals surface area contributed by atoms with Gasteiger partial charge in [0, 0.05) is 19.6 Å². The number of imidazole rings is 1. The monoisotopic (exact) mass is 327 g/mol. The van der Waals surface area contributed by atoms with Crippen molar-refractivity contribution in [1.82, 2.24) is 19.5 Å². The molecular weight excluding hydrogens is 306 g/mol. The number of hydrogen-bond acceptors (Lipinski definition) is 6. The molecule has 0 aliphatic carbocycles. The summed E-state index contributed by atoms with van der Waals surface area (Å²) in [6.45, 7) is 5.63. The van der Waals surface area contributed by atoms with Crippen molar-refractivity contribution in [3.63, 3.8) is 0 Å². The van der Waals surface area contributed by atoms with E-state index in [0.29, 0.717) is 5.69 Å². The van der Waals surface area contributed by atoms with E-state index in [2.05, 4.69) is 20.3 Å². The Hall–Kier alpha value is -1.41. The molecule has 7 nitrogen and oxygen atoms in total. The van der Waals surface area contributed by atoms with Crippen molar-refractivity contribution in [3.05, 3.63) is 24.0 Å². The number of hydrogen-bond donors (Lipinski definition) is 2. The molecule has 1 aliphatic heterocycles.